The van der Waals surface area contributed by atoms with Crippen molar-refractivity contribution in [2.75, 3.05) is 0 Å². The monoisotopic (exact) mass is 778 g/mol. The van der Waals surface area contributed by atoms with Crippen molar-refractivity contribution in [3.05, 3.63) is 231 Å². The number of fused-ring (bicyclic) bond motifs is 3. The first-order valence-corrected chi connectivity index (χ1v) is 20.6. The zero-order valence-corrected chi connectivity index (χ0v) is 33.2. The molecule has 4 nitrogen and oxygen atoms in total. The van der Waals surface area contributed by atoms with Crippen LogP contribution in [0.25, 0.3) is 106 Å². The van der Waals surface area contributed by atoms with Gasteiger partial charge in [0.15, 0.2) is 17.5 Å². The second kappa shape index (κ2) is 15.5. The minimum absolute atomic E-state index is 0.617. The Morgan fingerprint density at radius 2 is 0.557 bits per heavy atom. The molecule has 61 heavy (non-hydrogen) atoms. The highest BCUT2D eigenvalue weighted by Crippen LogP contribution is 2.38. The van der Waals surface area contributed by atoms with E-state index in [2.05, 4.69) is 211 Å². The van der Waals surface area contributed by atoms with Gasteiger partial charge in [-0.3, -0.25) is 0 Å². The highest BCUT2D eigenvalue weighted by Gasteiger charge is 2.18. The molecule has 0 bridgehead atoms. The Morgan fingerprint density at radius 1 is 0.230 bits per heavy atom. The lowest BCUT2D eigenvalue weighted by Crippen LogP contribution is -2.00. The molecule has 11 aromatic rings. The van der Waals surface area contributed by atoms with Crippen LogP contribution in [0.4, 0.5) is 0 Å². The fourth-order valence-corrected chi connectivity index (χ4v) is 8.37. The summed E-state index contributed by atoms with van der Waals surface area (Å²) in [7, 11) is 0. The molecule has 0 aliphatic heterocycles. The van der Waals surface area contributed by atoms with Crippen molar-refractivity contribution >= 4 is 21.8 Å². The highest BCUT2D eigenvalue weighted by atomic mass is 15.0. The van der Waals surface area contributed by atoms with E-state index in [1.165, 1.54) is 27.6 Å². The summed E-state index contributed by atoms with van der Waals surface area (Å²) in [4.78, 5) is 15.4. The van der Waals surface area contributed by atoms with Crippen molar-refractivity contribution in [2.45, 2.75) is 0 Å². The predicted molar refractivity (Wildman–Crippen MR) is 252 cm³/mol. The molecule has 0 fully saturated rings. The van der Waals surface area contributed by atoms with Gasteiger partial charge < -0.3 is 4.57 Å². The van der Waals surface area contributed by atoms with E-state index in [4.69, 9.17) is 15.0 Å². The summed E-state index contributed by atoms with van der Waals surface area (Å²) >= 11 is 0. The molecule has 0 amide bonds. The second-order valence-electron chi connectivity index (χ2n) is 15.3. The first-order valence-electron chi connectivity index (χ1n) is 20.6. The van der Waals surface area contributed by atoms with Crippen LogP contribution in [-0.2, 0) is 0 Å². The van der Waals surface area contributed by atoms with Gasteiger partial charge in [0.2, 0.25) is 0 Å². The van der Waals surface area contributed by atoms with Gasteiger partial charge >= 0.3 is 0 Å². The molecule has 0 atom stereocenters. The van der Waals surface area contributed by atoms with Crippen LogP contribution in [0.1, 0.15) is 0 Å². The van der Waals surface area contributed by atoms with E-state index in [9.17, 15) is 0 Å². The van der Waals surface area contributed by atoms with Gasteiger partial charge in [-0.2, -0.15) is 0 Å². The van der Waals surface area contributed by atoms with Crippen molar-refractivity contribution in [1.29, 1.82) is 0 Å². The van der Waals surface area contributed by atoms with Crippen molar-refractivity contribution in [3.8, 4) is 84.4 Å². The zero-order chi connectivity index (χ0) is 40.5. The number of rotatable bonds is 8. The number of hydrogen-bond donors (Lipinski definition) is 0. The van der Waals surface area contributed by atoms with E-state index in [0.717, 1.165) is 61.1 Å². The topological polar surface area (TPSA) is 43.6 Å². The molecule has 0 saturated heterocycles. The Kier molecular flexibility index (Phi) is 9.14. The maximum absolute atomic E-state index is 5.17. The Morgan fingerprint density at radius 3 is 1.11 bits per heavy atom. The van der Waals surface area contributed by atoms with Crippen molar-refractivity contribution in [1.82, 2.24) is 19.5 Å². The highest BCUT2D eigenvalue weighted by molar-refractivity contribution is 6.11. The van der Waals surface area contributed by atoms with Crippen molar-refractivity contribution < 1.29 is 0 Å². The summed E-state index contributed by atoms with van der Waals surface area (Å²) in [5.41, 5.74) is 15.4. The predicted octanol–water partition coefficient (Wildman–Crippen LogP) is 14.6. The molecule has 0 aliphatic carbocycles. The van der Waals surface area contributed by atoms with Crippen LogP contribution >= 0.6 is 0 Å². The van der Waals surface area contributed by atoms with E-state index in [0.29, 0.717) is 17.5 Å². The Labute approximate surface area is 354 Å². The Hall–Kier alpha value is -8.21. The average Bonchev–Trinajstić information content (AvgIpc) is 3.68. The van der Waals surface area contributed by atoms with Gasteiger partial charge in [0, 0.05) is 33.2 Å². The minimum atomic E-state index is 0.617. The van der Waals surface area contributed by atoms with Gasteiger partial charge in [-0.1, -0.05) is 200 Å². The van der Waals surface area contributed by atoms with E-state index in [-0.39, 0.29) is 0 Å². The number of benzene rings is 9. The van der Waals surface area contributed by atoms with Crippen LogP contribution in [0.3, 0.4) is 0 Å². The maximum Gasteiger partial charge on any atom is 0.164 e. The third-order valence-corrected chi connectivity index (χ3v) is 11.5. The van der Waals surface area contributed by atoms with Crippen molar-refractivity contribution in [2.24, 2.45) is 0 Å². The standard InChI is InChI=1S/C57H38N4/c1-5-15-39(16-6-1)42-27-29-44(30-28-42)56-58-55(43-21-11-4-12-22-43)59-57(60-56)49-32-34-52-51-33-31-48(41-19-9-3-10-20-41)37-53(51)61(54(52)38-49)50-26-14-25-47(36-50)46-24-13-23-45(35-46)40-17-7-2-8-18-40/h1-38H. The quantitative estimate of drug-likeness (QED) is 0.154. The zero-order valence-electron chi connectivity index (χ0n) is 33.2. The smallest absolute Gasteiger partial charge is 0.164 e. The summed E-state index contributed by atoms with van der Waals surface area (Å²) in [6.45, 7) is 0. The fourth-order valence-electron chi connectivity index (χ4n) is 8.37. The lowest BCUT2D eigenvalue weighted by atomic mass is 9.99. The molecule has 2 heterocycles. The maximum atomic E-state index is 5.17. The molecule has 11 rings (SSSR count). The molecule has 4 heteroatoms. The Balaban J connectivity index is 1.09. The van der Waals surface area contributed by atoms with Crippen molar-refractivity contribution in [3.63, 3.8) is 0 Å². The minimum Gasteiger partial charge on any atom is -0.309 e. The summed E-state index contributed by atoms with van der Waals surface area (Å²) in [6.07, 6.45) is 0. The van der Waals surface area contributed by atoms with E-state index >= 15 is 0 Å². The first kappa shape index (κ1) is 35.9. The molecule has 0 radical (unpaired) electrons. The van der Waals surface area contributed by atoms with Gasteiger partial charge in [-0.05, 0) is 74.8 Å². The van der Waals surface area contributed by atoms with Gasteiger partial charge in [0.25, 0.3) is 0 Å². The summed E-state index contributed by atoms with van der Waals surface area (Å²) < 4.78 is 2.40. The van der Waals surface area contributed by atoms with Gasteiger partial charge in [0.1, 0.15) is 0 Å². The van der Waals surface area contributed by atoms with Gasteiger partial charge in [-0.15, -0.1) is 0 Å². The van der Waals surface area contributed by atoms with Gasteiger partial charge in [-0.25, -0.2) is 15.0 Å². The average molecular weight is 779 g/mol. The lowest BCUT2D eigenvalue weighted by molar-refractivity contribution is 1.07. The normalized spacial score (nSPS) is 11.3. The van der Waals surface area contributed by atoms with Crippen LogP contribution in [0.2, 0.25) is 0 Å². The molecule has 286 valence electrons. The summed E-state index contributed by atoms with van der Waals surface area (Å²) in [5.74, 6) is 1.87. The number of hydrogen-bond acceptors (Lipinski definition) is 3. The van der Waals surface area contributed by atoms with Gasteiger partial charge in [0.05, 0.1) is 11.0 Å². The molecular formula is C57H38N4. The number of nitrogens with zero attached hydrogens (tertiary/aromatic N) is 4. The third kappa shape index (κ3) is 6.96. The van der Waals surface area contributed by atoms with Crippen LogP contribution < -0.4 is 0 Å². The van der Waals surface area contributed by atoms with Crippen LogP contribution in [0, 0.1) is 0 Å². The molecule has 0 aliphatic rings. The van der Waals surface area contributed by atoms with E-state index in [1.54, 1.807) is 0 Å². The second-order valence-corrected chi connectivity index (χ2v) is 15.3. The lowest BCUT2D eigenvalue weighted by Gasteiger charge is -2.13. The third-order valence-electron chi connectivity index (χ3n) is 11.5. The Bertz CT molecular complexity index is 3320. The first-order chi connectivity index (χ1) is 30.2. The van der Waals surface area contributed by atoms with E-state index < -0.39 is 0 Å². The molecule has 9 aromatic carbocycles. The number of aromatic nitrogens is 4. The van der Waals surface area contributed by atoms with Crippen LogP contribution in [0.15, 0.2) is 231 Å². The molecular weight excluding hydrogens is 741 g/mol. The van der Waals surface area contributed by atoms with Crippen LogP contribution in [0.5, 0.6) is 0 Å². The fraction of sp³-hybridized carbons (Fsp3) is 0. The summed E-state index contributed by atoms with van der Waals surface area (Å²) in [6, 6.07) is 81.3. The molecule has 0 N–H and O–H groups in total. The van der Waals surface area contributed by atoms with E-state index in [1.807, 2.05) is 24.3 Å². The largest absolute Gasteiger partial charge is 0.309 e. The molecule has 0 unspecified atom stereocenters. The SMILES string of the molecule is c1ccc(-c2ccc(-c3nc(-c4ccccc4)nc(-c4ccc5c6ccc(-c7ccccc7)cc6n(-c6cccc(-c7cccc(-c8ccccc8)c7)c6)c5c4)n3)cc2)cc1. The molecule has 0 spiro atoms. The summed E-state index contributed by atoms with van der Waals surface area (Å²) in [5, 5.41) is 2.33. The molecule has 2 aromatic heterocycles. The molecule has 0 saturated carbocycles. The van der Waals surface area contributed by atoms with Crippen LogP contribution in [-0.4, -0.2) is 19.5 Å².